The Bertz CT molecular complexity index is 750. The van der Waals surface area contributed by atoms with E-state index in [0.29, 0.717) is 10.7 Å². The molecule has 0 radical (unpaired) electrons. The van der Waals surface area contributed by atoms with Crippen LogP contribution in [0.25, 0.3) is 0 Å². The minimum atomic E-state index is -0.317. The molecule has 0 aliphatic heterocycles. The predicted molar refractivity (Wildman–Crippen MR) is 81.8 cm³/mol. The third kappa shape index (κ3) is 2.88. The topological polar surface area (TPSA) is 90.0 Å². The predicted octanol–water partition coefficient (Wildman–Crippen LogP) is 0.910. The minimum Gasteiger partial charge on any atom is -0.327 e. The zero-order chi connectivity index (χ0) is 15.0. The van der Waals surface area contributed by atoms with Gasteiger partial charge in [0.15, 0.2) is 5.13 Å². The van der Waals surface area contributed by atoms with Crippen molar-refractivity contribution in [2.45, 2.75) is 25.3 Å². The number of nitrogens with zero attached hydrogens (tertiary/aromatic N) is 2. The molecule has 1 amide bonds. The van der Waals surface area contributed by atoms with Gasteiger partial charge >= 0.3 is 0 Å². The van der Waals surface area contributed by atoms with Crippen LogP contribution in [0.2, 0.25) is 0 Å². The zero-order valence-electron chi connectivity index (χ0n) is 11.6. The number of rotatable bonds is 2. The second-order valence-corrected chi connectivity index (χ2v) is 6.29. The fourth-order valence-corrected chi connectivity index (χ4v) is 3.41. The summed E-state index contributed by atoms with van der Waals surface area (Å²) in [4.78, 5) is 29.3. The summed E-state index contributed by atoms with van der Waals surface area (Å²) >= 11 is 1.46. The first-order chi connectivity index (χ1) is 10.0. The number of thiazole rings is 1. The monoisotopic (exact) mass is 304 g/mol. The Labute approximate surface area is 125 Å². The van der Waals surface area contributed by atoms with Crippen molar-refractivity contribution in [1.29, 1.82) is 0 Å². The standard InChI is InChI=1S/C14H16N4O2S/c1-18-5-4-8(6-12(18)19)13(20)17-14-16-10-3-2-9(15)7-11(10)21-14/h4-6,9H,2-3,7,15H2,1H3,(H,16,17,20)/t9-/m0/s1. The summed E-state index contributed by atoms with van der Waals surface area (Å²) in [6.45, 7) is 0. The van der Waals surface area contributed by atoms with Crippen LogP contribution in [0.4, 0.5) is 5.13 Å². The number of pyridine rings is 1. The Balaban J connectivity index is 1.78. The molecule has 7 heteroatoms. The molecule has 3 rings (SSSR count). The Hall–Kier alpha value is -1.99. The van der Waals surface area contributed by atoms with Crippen LogP contribution in [-0.2, 0) is 19.9 Å². The fourth-order valence-electron chi connectivity index (χ4n) is 2.31. The van der Waals surface area contributed by atoms with Crippen molar-refractivity contribution in [1.82, 2.24) is 9.55 Å². The molecule has 0 saturated carbocycles. The quantitative estimate of drug-likeness (QED) is 0.863. The highest BCUT2D eigenvalue weighted by atomic mass is 32.1. The molecule has 0 bridgehead atoms. The number of nitrogens with one attached hydrogen (secondary N) is 1. The average molecular weight is 304 g/mol. The van der Waals surface area contributed by atoms with E-state index in [0.717, 1.165) is 29.8 Å². The summed E-state index contributed by atoms with van der Waals surface area (Å²) in [7, 11) is 1.64. The molecule has 2 heterocycles. The maximum absolute atomic E-state index is 12.1. The number of fused-ring (bicyclic) bond motifs is 1. The molecule has 110 valence electrons. The van der Waals surface area contributed by atoms with Crippen molar-refractivity contribution in [3.8, 4) is 0 Å². The summed E-state index contributed by atoms with van der Waals surface area (Å²) in [5.41, 5.74) is 7.09. The lowest BCUT2D eigenvalue weighted by Crippen LogP contribution is -2.27. The highest BCUT2D eigenvalue weighted by Crippen LogP contribution is 2.29. The van der Waals surface area contributed by atoms with Gasteiger partial charge in [-0.05, 0) is 25.3 Å². The molecular formula is C14H16N4O2S. The first-order valence-electron chi connectivity index (χ1n) is 6.75. The molecule has 1 aliphatic carbocycles. The number of carbonyl (C=O) groups excluding carboxylic acids is 1. The Morgan fingerprint density at radius 3 is 3.14 bits per heavy atom. The van der Waals surface area contributed by atoms with Crippen LogP contribution in [0.1, 0.15) is 27.3 Å². The summed E-state index contributed by atoms with van der Waals surface area (Å²) < 4.78 is 1.42. The van der Waals surface area contributed by atoms with E-state index in [2.05, 4.69) is 10.3 Å². The molecule has 1 atom stereocenters. The van der Waals surface area contributed by atoms with Gasteiger partial charge in [-0.3, -0.25) is 14.9 Å². The maximum atomic E-state index is 12.1. The van der Waals surface area contributed by atoms with E-state index in [1.165, 1.54) is 22.0 Å². The molecule has 2 aromatic rings. The maximum Gasteiger partial charge on any atom is 0.257 e. The molecular weight excluding hydrogens is 288 g/mol. The van der Waals surface area contributed by atoms with Crippen LogP contribution < -0.4 is 16.6 Å². The number of amides is 1. The van der Waals surface area contributed by atoms with E-state index in [1.807, 2.05) is 0 Å². The summed E-state index contributed by atoms with van der Waals surface area (Å²) in [5.74, 6) is -0.317. The molecule has 0 aromatic carbocycles. The van der Waals surface area contributed by atoms with Gasteiger partial charge in [-0.1, -0.05) is 0 Å². The second-order valence-electron chi connectivity index (χ2n) is 5.21. The molecule has 0 fully saturated rings. The van der Waals surface area contributed by atoms with E-state index in [9.17, 15) is 9.59 Å². The fraction of sp³-hybridized carbons (Fsp3) is 0.357. The second kappa shape index (κ2) is 5.42. The van der Waals surface area contributed by atoms with Gasteiger partial charge in [0.1, 0.15) is 0 Å². The van der Waals surface area contributed by atoms with Crippen LogP contribution >= 0.6 is 11.3 Å². The van der Waals surface area contributed by atoms with Gasteiger partial charge in [0.25, 0.3) is 11.5 Å². The van der Waals surface area contributed by atoms with Gasteiger partial charge in [0, 0.05) is 35.8 Å². The van der Waals surface area contributed by atoms with E-state index in [-0.39, 0.29) is 17.5 Å². The van der Waals surface area contributed by atoms with Crippen molar-refractivity contribution in [2.75, 3.05) is 5.32 Å². The van der Waals surface area contributed by atoms with Crippen LogP contribution in [0.5, 0.6) is 0 Å². The minimum absolute atomic E-state index is 0.179. The lowest BCUT2D eigenvalue weighted by atomic mass is 9.99. The van der Waals surface area contributed by atoms with Crippen molar-refractivity contribution in [3.63, 3.8) is 0 Å². The Morgan fingerprint density at radius 2 is 2.38 bits per heavy atom. The van der Waals surface area contributed by atoms with Crippen LogP contribution in [0, 0.1) is 0 Å². The average Bonchev–Trinajstić information content (AvgIpc) is 2.83. The smallest absolute Gasteiger partial charge is 0.257 e. The van der Waals surface area contributed by atoms with E-state index in [1.54, 1.807) is 19.3 Å². The molecule has 0 spiro atoms. The van der Waals surface area contributed by atoms with Gasteiger partial charge in [0.05, 0.1) is 5.69 Å². The molecule has 6 nitrogen and oxygen atoms in total. The van der Waals surface area contributed by atoms with E-state index < -0.39 is 0 Å². The van der Waals surface area contributed by atoms with Crippen molar-refractivity contribution in [2.24, 2.45) is 12.8 Å². The van der Waals surface area contributed by atoms with Gasteiger partial charge in [-0.25, -0.2) is 4.98 Å². The highest BCUT2D eigenvalue weighted by molar-refractivity contribution is 7.15. The van der Waals surface area contributed by atoms with Gasteiger partial charge in [0.2, 0.25) is 0 Å². The molecule has 3 N–H and O–H groups in total. The summed E-state index contributed by atoms with van der Waals surface area (Å²) in [6, 6.07) is 3.11. The zero-order valence-corrected chi connectivity index (χ0v) is 12.4. The van der Waals surface area contributed by atoms with Crippen LogP contribution in [0.15, 0.2) is 23.1 Å². The number of hydrogen-bond acceptors (Lipinski definition) is 5. The Kier molecular flexibility index (Phi) is 3.60. The largest absolute Gasteiger partial charge is 0.327 e. The molecule has 21 heavy (non-hydrogen) atoms. The number of aryl methyl sites for hydroxylation is 2. The highest BCUT2D eigenvalue weighted by Gasteiger charge is 2.21. The summed E-state index contributed by atoms with van der Waals surface area (Å²) in [6.07, 6.45) is 4.17. The van der Waals surface area contributed by atoms with Crippen LogP contribution in [-0.4, -0.2) is 21.5 Å². The SMILES string of the molecule is Cn1ccc(C(=O)Nc2nc3c(s2)C[C@@H](N)CC3)cc1=O. The first kappa shape index (κ1) is 14.0. The normalized spacial score (nSPS) is 17.3. The number of hydrogen-bond donors (Lipinski definition) is 2. The lowest BCUT2D eigenvalue weighted by molar-refractivity contribution is 0.102. The molecule has 2 aromatic heterocycles. The molecule has 0 unspecified atom stereocenters. The third-order valence-corrected chi connectivity index (χ3v) is 4.60. The van der Waals surface area contributed by atoms with Crippen LogP contribution in [0.3, 0.4) is 0 Å². The number of carbonyl (C=O) groups is 1. The van der Waals surface area contributed by atoms with Gasteiger partial charge in [-0.15, -0.1) is 11.3 Å². The number of anilines is 1. The number of nitrogens with two attached hydrogens (primary N) is 1. The van der Waals surface area contributed by atoms with Crippen molar-refractivity contribution in [3.05, 3.63) is 44.8 Å². The molecule has 1 aliphatic rings. The van der Waals surface area contributed by atoms with Gasteiger partial charge < -0.3 is 10.3 Å². The molecule has 0 saturated heterocycles. The number of aromatic nitrogens is 2. The van der Waals surface area contributed by atoms with Gasteiger partial charge in [-0.2, -0.15) is 0 Å². The van der Waals surface area contributed by atoms with E-state index in [4.69, 9.17) is 5.73 Å². The lowest BCUT2D eigenvalue weighted by Gasteiger charge is -2.15. The van der Waals surface area contributed by atoms with Crippen molar-refractivity contribution >= 4 is 22.4 Å². The van der Waals surface area contributed by atoms with E-state index >= 15 is 0 Å². The van der Waals surface area contributed by atoms with Crippen molar-refractivity contribution < 1.29 is 4.79 Å². The third-order valence-electron chi connectivity index (χ3n) is 3.56. The first-order valence-corrected chi connectivity index (χ1v) is 7.57. The summed E-state index contributed by atoms with van der Waals surface area (Å²) in [5, 5.41) is 3.33. The Morgan fingerprint density at radius 1 is 1.57 bits per heavy atom.